The lowest BCUT2D eigenvalue weighted by atomic mass is 9.67. The summed E-state index contributed by atoms with van der Waals surface area (Å²) in [5, 5.41) is 10.9. The van der Waals surface area contributed by atoms with Crippen LogP contribution in [0.25, 0.3) is 107 Å². The van der Waals surface area contributed by atoms with Crippen molar-refractivity contribution in [2.45, 2.75) is 5.41 Å². The van der Waals surface area contributed by atoms with Gasteiger partial charge in [-0.1, -0.05) is 134 Å². The molecule has 0 atom stereocenters. The van der Waals surface area contributed by atoms with Gasteiger partial charge in [-0.25, -0.2) is 19.6 Å². The third kappa shape index (κ3) is 9.04. The van der Waals surface area contributed by atoms with Crippen LogP contribution in [0.15, 0.2) is 232 Å². The van der Waals surface area contributed by atoms with Crippen molar-refractivity contribution in [1.29, 1.82) is 0 Å². The summed E-state index contributed by atoms with van der Waals surface area (Å²) in [6, 6.07) is 74.5. The van der Waals surface area contributed by atoms with Crippen molar-refractivity contribution in [2.24, 2.45) is 0 Å². The number of hydrogen-bond acceptors (Lipinski definition) is 10. The van der Waals surface area contributed by atoms with Gasteiger partial charge in [0.05, 0.1) is 25.8 Å². The van der Waals surface area contributed by atoms with Gasteiger partial charge in [0.25, 0.3) is 0 Å². The molecule has 2 aromatic heterocycles. The highest BCUT2D eigenvalue weighted by Gasteiger charge is 2.47. The van der Waals surface area contributed by atoms with E-state index < -0.39 is 17.4 Å². The predicted molar refractivity (Wildman–Crippen MR) is 330 cm³/mol. The van der Waals surface area contributed by atoms with Crippen molar-refractivity contribution in [3.63, 3.8) is 0 Å². The van der Waals surface area contributed by atoms with Gasteiger partial charge >= 0.3 is 11.9 Å². The van der Waals surface area contributed by atoms with E-state index >= 15 is 0 Å². The first kappa shape index (κ1) is 49.5. The molecule has 14 rings (SSSR count). The van der Waals surface area contributed by atoms with Crippen LogP contribution in [0.2, 0.25) is 0 Å². The van der Waals surface area contributed by atoms with Gasteiger partial charge in [-0.3, -0.25) is 0 Å². The largest absolute Gasteiger partial charge is 0.490 e. The lowest BCUT2D eigenvalue weighted by Gasteiger charge is -2.34. The Bertz CT molecular complexity index is 4540. The first-order valence-electron chi connectivity index (χ1n) is 26.7. The Hall–Kier alpha value is -9.74. The number of rotatable bonds is 15. The van der Waals surface area contributed by atoms with Crippen molar-refractivity contribution in [3.05, 3.63) is 254 Å². The number of aromatic nitrogens is 2. The summed E-state index contributed by atoms with van der Waals surface area (Å²) in [4.78, 5) is 33.5. The summed E-state index contributed by atoms with van der Waals surface area (Å²) in [6.07, 6.45) is 2.29. The van der Waals surface area contributed by atoms with Gasteiger partial charge in [0, 0.05) is 23.3 Å². The highest BCUT2D eigenvalue weighted by Crippen LogP contribution is 2.58. The minimum Gasteiger partial charge on any atom is -0.490 e. The first-order valence-corrected chi connectivity index (χ1v) is 28.3. The quantitative estimate of drug-likeness (QED) is 0.0569. The first-order chi connectivity index (χ1) is 39.8. The average Bonchev–Trinajstić information content (AvgIpc) is 2.92. The van der Waals surface area contributed by atoms with E-state index in [4.69, 9.17) is 28.9 Å². The van der Waals surface area contributed by atoms with Gasteiger partial charge in [0.15, 0.2) is 0 Å². The number of carbonyl (C=O) groups excluding carboxylic acids is 2. The molecule has 0 saturated carbocycles. The maximum Gasteiger partial charge on any atom is 0.330 e. The van der Waals surface area contributed by atoms with Crippen molar-refractivity contribution in [1.82, 2.24) is 9.97 Å². The van der Waals surface area contributed by atoms with E-state index in [2.05, 4.69) is 195 Å². The number of fused-ring (bicyclic) bond motifs is 9. The van der Waals surface area contributed by atoms with Crippen LogP contribution in [-0.4, -0.2) is 48.3 Å². The second-order valence-electron chi connectivity index (χ2n) is 20.1. The Morgan fingerprint density at radius 2 is 0.840 bits per heavy atom. The molecule has 1 aliphatic carbocycles. The van der Waals surface area contributed by atoms with Gasteiger partial charge in [-0.05, 0) is 173 Å². The van der Waals surface area contributed by atoms with E-state index in [1.54, 1.807) is 22.7 Å². The second kappa shape index (κ2) is 20.5. The molecule has 81 heavy (non-hydrogen) atoms. The van der Waals surface area contributed by atoms with Crippen molar-refractivity contribution in [2.75, 3.05) is 26.4 Å². The minimum atomic E-state index is -0.737. The molecule has 0 unspecified atom stereocenters. The highest BCUT2D eigenvalue weighted by atomic mass is 32.1. The molecule has 0 radical (unpaired) electrons. The fraction of sp³-hybridized carbons (Fsp3) is 0.0704. The molecule has 2 heterocycles. The number of benzene rings is 11. The Kier molecular flexibility index (Phi) is 12.5. The van der Waals surface area contributed by atoms with Crippen molar-refractivity contribution >= 4 is 98.1 Å². The Morgan fingerprint density at radius 3 is 1.41 bits per heavy atom. The van der Waals surface area contributed by atoms with Crippen LogP contribution in [0.3, 0.4) is 0 Å². The monoisotopic (exact) mass is 1090 g/mol. The second-order valence-corrected chi connectivity index (χ2v) is 22.2. The number of nitrogens with zero attached hydrogens (tertiary/aromatic N) is 2. The van der Waals surface area contributed by atoms with E-state index in [1.807, 2.05) is 24.3 Å². The van der Waals surface area contributed by atoms with E-state index in [9.17, 15) is 9.59 Å². The molecule has 390 valence electrons. The number of esters is 2. The van der Waals surface area contributed by atoms with E-state index in [-0.39, 0.29) is 26.4 Å². The molecule has 0 bridgehead atoms. The Labute approximate surface area is 474 Å². The summed E-state index contributed by atoms with van der Waals surface area (Å²) in [7, 11) is 0. The molecule has 0 amide bonds. The van der Waals surface area contributed by atoms with Gasteiger partial charge in [-0.15, -0.1) is 22.7 Å². The normalized spacial score (nSPS) is 12.4. The molecule has 8 nitrogen and oxygen atoms in total. The maximum absolute atomic E-state index is 11.5. The summed E-state index contributed by atoms with van der Waals surface area (Å²) >= 11 is 3.41. The topological polar surface area (TPSA) is 96.8 Å². The number of ether oxygens (including phenoxy) is 4. The fourth-order valence-corrected chi connectivity index (χ4v) is 13.5. The van der Waals surface area contributed by atoms with Crippen LogP contribution in [0.4, 0.5) is 0 Å². The molecule has 10 heteroatoms. The molecular formula is C71H48N2O6S2. The Morgan fingerprint density at radius 1 is 0.407 bits per heavy atom. The standard InChI is InChI=1S/C71H48N2O6S2/c1-3-67(74)78-31-29-76-57-24-19-48-34-53(17-15-50(48)36-57)69-72-63-27-22-55(41-65(63)80-69)71(56-23-28-64-66(42-56)81-70(73-64)54-18-16-51-37-58(25-20-49(51)35-54)77-30-32-79-68(75)4-2)61-26-21-52(47-14-13-43-9-5-6-10-44(43)33-47)39-59(61)60-38-45-11-7-8-12-46(45)40-62(60)71/h3-28,33-42H,1-2,29-32H2. The third-order valence-electron chi connectivity index (χ3n) is 15.4. The van der Waals surface area contributed by atoms with Crippen LogP contribution in [-0.2, 0) is 24.5 Å². The van der Waals surface area contributed by atoms with E-state index in [1.165, 1.54) is 49.4 Å². The predicted octanol–water partition coefficient (Wildman–Crippen LogP) is 17.1. The summed E-state index contributed by atoms with van der Waals surface area (Å²) < 4.78 is 24.2. The van der Waals surface area contributed by atoms with Gasteiger partial charge in [-0.2, -0.15) is 0 Å². The van der Waals surface area contributed by atoms with Crippen molar-refractivity contribution in [3.8, 4) is 54.9 Å². The van der Waals surface area contributed by atoms with Gasteiger partial charge < -0.3 is 18.9 Å². The van der Waals surface area contributed by atoms with Crippen LogP contribution < -0.4 is 9.47 Å². The van der Waals surface area contributed by atoms with E-state index in [0.29, 0.717) is 11.5 Å². The highest BCUT2D eigenvalue weighted by molar-refractivity contribution is 7.22. The van der Waals surface area contributed by atoms with Crippen LogP contribution in [0.1, 0.15) is 22.3 Å². The fourth-order valence-electron chi connectivity index (χ4n) is 11.5. The zero-order valence-corrected chi connectivity index (χ0v) is 45.3. The SMILES string of the molecule is C=CC(=O)OCCOc1ccc2cc(-c3nc4ccc(C5(c6ccc7nc(-c8ccc9cc(OCCOC(=O)C=C)ccc9c8)sc7c6)c6ccc(-c7ccc8ccccc8c7)cc6-c6cc7ccccc7cc65)cc4s3)ccc2c1. The zero-order valence-electron chi connectivity index (χ0n) is 43.7. The minimum absolute atomic E-state index is 0.141. The van der Waals surface area contributed by atoms with Crippen LogP contribution >= 0.6 is 22.7 Å². The summed E-state index contributed by atoms with van der Waals surface area (Å²) in [5.74, 6) is 0.456. The lowest BCUT2D eigenvalue weighted by Crippen LogP contribution is -2.28. The summed E-state index contributed by atoms with van der Waals surface area (Å²) in [5.41, 5.74) is 12.7. The molecule has 0 saturated heterocycles. The van der Waals surface area contributed by atoms with Gasteiger partial charge in [0.2, 0.25) is 0 Å². The van der Waals surface area contributed by atoms with Crippen LogP contribution in [0, 0.1) is 0 Å². The molecule has 0 fully saturated rings. The van der Waals surface area contributed by atoms with E-state index in [0.717, 1.165) is 92.0 Å². The summed E-state index contributed by atoms with van der Waals surface area (Å²) in [6.45, 7) is 7.67. The lowest BCUT2D eigenvalue weighted by molar-refractivity contribution is -0.139. The number of carbonyl (C=O) groups is 2. The molecule has 0 N–H and O–H groups in total. The molecule has 13 aromatic rings. The Balaban J connectivity index is 0.885. The molecule has 1 aliphatic rings. The van der Waals surface area contributed by atoms with Crippen molar-refractivity contribution < 1.29 is 28.5 Å². The molecule has 0 spiro atoms. The zero-order chi connectivity index (χ0) is 54.6. The average molecular weight is 1090 g/mol. The van der Waals surface area contributed by atoms with Crippen LogP contribution in [0.5, 0.6) is 11.5 Å². The molecular weight excluding hydrogens is 1040 g/mol. The number of thiazole rings is 2. The maximum atomic E-state index is 11.5. The third-order valence-corrected chi connectivity index (χ3v) is 17.5. The van der Waals surface area contributed by atoms with Gasteiger partial charge in [0.1, 0.15) is 47.9 Å². The molecule has 0 aliphatic heterocycles. The number of hydrogen-bond donors (Lipinski definition) is 0. The molecule has 11 aromatic carbocycles. The smallest absolute Gasteiger partial charge is 0.330 e.